The SMILES string of the molecule is CN(C)c1ccccc1OS(=O)(=O)O. The number of rotatable bonds is 3. The zero-order chi connectivity index (χ0) is 10.8. The van der Waals surface area contributed by atoms with Crippen molar-refractivity contribution in [2.75, 3.05) is 19.0 Å². The minimum Gasteiger partial charge on any atom is -0.375 e. The second-order valence-electron chi connectivity index (χ2n) is 2.87. The van der Waals surface area contributed by atoms with Crippen molar-refractivity contribution in [1.29, 1.82) is 0 Å². The molecule has 1 N–H and O–H groups in total. The van der Waals surface area contributed by atoms with E-state index in [1.807, 2.05) is 0 Å². The predicted molar refractivity (Wildman–Crippen MR) is 52.9 cm³/mol. The Morgan fingerprint density at radius 3 is 2.36 bits per heavy atom. The second-order valence-corrected chi connectivity index (χ2v) is 3.90. The van der Waals surface area contributed by atoms with Gasteiger partial charge in [-0.15, -0.1) is 0 Å². The van der Waals surface area contributed by atoms with Crippen molar-refractivity contribution in [3.63, 3.8) is 0 Å². The van der Waals surface area contributed by atoms with Crippen LogP contribution >= 0.6 is 0 Å². The zero-order valence-corrected chi connectivity index (χ0v) is 8.65. The summed E-state index contributed by atoms with van der Waals surface area (Å²) >= 11 is 0. The number of nitrogens with zero attached hydrogens (tertiary/aromatic N) is 1. The van der Waals surface area contributed by atoms with E-state index in [0.717, 1.165) is 0 Å². The molecule has 0 saturated carbocycles. The van der Waals surface area contributed by atoms with Gasteiger partial charge in [0.05, 0.1) is 5.69 Å². The van der Waals surface area contributed by atoms with E-state index in [0.29, 0.717) is 5.69 Å². The largest absolute Gasteiger partial charge is 0.446 e. The average Bonchev–Trinajstić information content (AvgIpc) is 2.01. The molecule has 6 heteroatoms. The number of hydrogen-bond donors (Lipinski definition) is 1. The van der Waals surface area contributed by atoms with Gasteiger partial charge in [0.25, 0.3) is 0 Å². The first-order valence-corrected chi connectivity index (χ1v) is 5.20. The summed E-state index contributed by atoms with van der Waals surface area (Å²) < 4.78 is 33.9. The van der Waals surface area contributed by atoms with E-state index < -0.39 is 10.4 Å². The lowest BCUT2D eigenvalue weighted by atomic mass is 10.3. The third-order valence-corrected chi connectivity index (χ3v) is 1.93. The molecule has 0 aliphatic rings. The third kappa shape index (κ3) is 2.90. The van der Waals surface area contributed by atoms with Crippen LogP contribution in [0.2, 0.25) is 0 Å². The van der Waals surface area contributed by atoms with Gasteiger partial charge in [0, 0.05) is 14.1 Å². The lowest BCUT2D eigenvalue weighted by molar-refractivity contribution is 0.387. The Morgan fingerprint density at radius 2 is 1.86 bits per heavy atom. The summed E-state index contributed by atoms with van der Waals surface area (Å²) in [5.74, 6) is 0.0972. The van der Waals surface area contributed by atoms with Crippen molar-refractivity contribution >= 4 is 16.1 Å². The molecule has 78 valence electrons. The van der Waals surface area contributed by atoms with Gasteiger partial charge in [-0.1, -0.05) is 12.1 Å². The van der Waals surface area contributed by atoms with Crippen LogP contribution in [-0.4, -0.2) is 27.1 Å². The fraction of sp³-hybridized carbons (Fsp3) is 0.250. The van der Waals surface area contributed by atoms with Crippen LogP contribution in [0.3, 0.4) is 0 Å². The molecular weight excluding hydrogens is 206 g/mol. The standard InChI is InChI=1S/C8H11NO4S/c1-9(2)7-5-3-4-6-8(7)13-14(10,11)12/h3-6H,1-2H3,(H,10,11,12). The van der Waals surface area contributed by atoms with E-state index in [2.05, 4.69) is 4.18 Å². The van der Waals surface area contributed by atoms with Gasteiger partial charge in [-0.2, -0.15) is 8.42 Å². The number of hydrogen-bond acceptors (Lipinski definition) is 4. The lowest BCUT2D eigenvalue weighted by Gasteiger charge is -2.15. The van der Waals surface area contributed by atoms with E-state index in [1.165, 1.54) is 6.07 Å². The van der Waals surface area contributed by atoms with Crippen molar-refractivity contribution in [2.24, 2.45) is 0 Å². The van der Waals surface area contributed by atoms with Gasteiger partial charge in [-0.3, -0.25) is 4.55 Å². The molecule has 0 amide bonds. The minimum absolute atomic E-state index is 0.0972. The van der Waals surface area contributed by atoms with Crippen LogP contribution in [0.15, 0.2) is 24.3 Å². The van der Waals surface area contributed by atoms with Crippen molar-refractivity contribution in [3.05, 3.63) is 24.3 Å². The summed E-state index contributed by atoms with van der Waals surface area (Å²) in [4.78, 5) is 1.68. The molecule has 0 spiro atoms. The van der Waals surface area contributed by atoms with Gasteiger partial charge >= 0.3 is 10.4 Å². The quantitative estimate of drug-likeness (QED) is 0.763. The minimum atomic E-state index is -4.46. The fourth-order valence-corrected chi connectivity index (χ4v) is 1.38. The van der Waals surface area contributed by atoms with Gasteiger partial charge in [-0.25, -0.2) is 0 Å². The highest BCUT2D eigenvalue weighted by Crippen LogP contribution is 2.26. The molecule has 1 aromatic rings. The Hall–Kier alpha value is -1.27. The van der Waals surface area contributed by atoms with Crippen LogP contribution in [0.1, 0.15) is 0 Å². The first-order chi connectivity index (χ1) is 6.40. The van der Waals surface area contributed by atoms with E-state index in [1.54, 1.807) is 37.2 Å². The first kappa shape index (κ1) is 10.8. The molecule has 5 nitrogen and oxygen atoms in total. The maximum atomic E-state index is 10.5. The Balaban J connectivity index is 3.08. The van der Waals surface area contributed by atoms with Crippen molar-refractivity contribution < 1.29 is 17.2 Å². The summed E-state index contributed by atoms with van der Waals surface area (Å²) in [6, 6.07) is 6.50. The van der Waals surface area contributed by atoms with Gasteiger partial charge < -0.3 is 9.08 Å². The number of anilines is 1. The highest BCUT2D eigenvalue weighted by molar-refractivity contribution is 7.81. The smallest absolute Gasteiger partial charge is 0.375 e. The van der Waals surface area contributed by atoms with E-state index in [4.69, 9.17) is 4.55 Å². The van der Waals surface area contributed by atoms with Crippen LogP contribution in [-0.2, 0) is 10.4 Å². The molecule has 0 atom stereocenters. The van der Waals surface area contributed by atoms with Gasteiger partial charge in [0.1, 0.15) is 0 Å². The molecule has 0 aromatic heterocycles. The molecule has 1 aromatic carbocycles. The molecule has 0 saturated heterocycles. The average molecular weight is 217 g/mol. The van der Waals surface area contributed by atoms with Gasteiger partial charge in [0.15, 0.2) is 5.75 Å². The van der Waals surface area contributed by atoms with Crippen LogP contribution in [0.4, 0.5) is 5.69 Å². The molecular formula is C8H11NO4S. The molecule has 0 radical (unpaired) electrons. The monoisotopic (exact) mass is 217 g/mol. The second kappa shape index (κ2) is 3.85. The van der Waals surface area contributed by atoms with E-state index >= 15 is 0 Å². The van der Waals surface area contributed by atoms with Crippen LogP contribution in [0.25, 0.3) is 0 Å². The molecule has 0 unspecified atom stereocenters. The van der Waals surface area contributed by atoms with Gasteiger partial charge in [-0.05, 0) is 12.1 Å². The Morgan fingerprint density at radius 1 is 1.29 bits per heavy atom. The lowest BCUT2D eigenvalue weighted by Crippen LogP contribution is -2.13. The zero-order valence-electron chi connectivity index (χ0n) is 7.84. The summed E-state index contributed by atoms with van der Waals surface area (Å²) in [7, 11) is -0.975. The molecule has 0 fully saturated rings. The Bertz CT molecular complexity index is 413. The van der Waals surface area contributed by atoms with Crippen molar-refractivity contribution in [3.8, 4) is 5.75 Å². The van der Waals surface area contributed by atoms with Gasteiger partial charge in [0.2, 0.25) is 0 Å². The first-order valence-electron chi connectivity index (χ1n) is 3.83. The molecule has 1 rings (SSSR count). The predicted octanol–water partition coefficient (Wildman–Crippen LogP) is 0.934. The van der Waals surface area contributed by atoms with Crippen LogP contribution in [0.5, 0.6) is 5.75 Å². The highest BCUT2D eigenvalue weighted by Gasteiger charge is 2.11. The molecule has 0 aliphatic heterocycles. The summed E-state index contributed by atoms with van der Waals surface area (Å²) in [5.41, 5.74) is 0.574. The summed E-state index contributed by atoms with van der Waals surface area (Å²) in [6.07, 6.45) is 0. The molecule has 0 bridgehead atoms. The Labute approximate surface area is 82.9 Å². The van der Waals surface area contributed by atoms with Crippen molar-refractivity contribution in [1.82, 2.24) is 0 Å². The van der Waals surface area contributed by atoms with Crippen LogP contribution in [0, 0.1) is 0 Å². The van der Waals surface area contributed by atoms with Crippen LogP contribution < -0.4 is 9.08 Å². The maximum absolute atomic E-state index is 10.5. The number of para-hydroxylation sites is 2. The van der Waals surface area contributed by atoms with E-state index in [-0.39, 0.29) is 5.75 Å². The van der Waals surface area contributed by atoms with E-state index in [9.17, 15) is 8.42 Å². The summed E-state index contributed by atoms with van der Waals surface area (Å²) in [6.45, 7) is 0. The number of benzene rings is 1. The highest BCUT2D eigenvalue weighted by atomic mass is 32.3. The molecule has 0 heterocycles. The normalized spacial score (nSPS) is 11.1. The molecule has 14 heavy (non-hydrogen) atoms. The maximum Gasteiger partial charge on any atom is 0.446 e. The topological polar surface area (TPSA) is 66.8 Å². The molecule has 0 aliphatic carbocycles. The van der Waals surface area contributed by atoms with Crippen molar-refractivity contribution in [2.45, 2.75) is 0 Å². The fourth-order valence-electron chi connectivity index (χ4n) is 1.01. The Kier molecular flexibility index (Phi) is 2.97. The summed E-state index contributed by atoms with van der Waals surface area (Å²) in [5, 5.41) is 0. The third-order valence-electron chi connectivity index (χ3n) is 1.54.